The van der Waals surface area contributed by atoms with Crippen LogP contribution in [0.2, 0.25) is 0 Å². The number of rotatable bonds is 5. The van der Waals surface area contributed by atoms with Crippen molar-refractivity contribution in [2.45, 2.75) is 19.0 Å². The Balaban J connectivity index is 0.00000312. The fraction of sp³-hybridized carbons (Fsp3) is 0.278. The topological polar surface area (TPSA) is 75.8 Å². The van der Waals surface area contributed by atoms with Crippen LogP contribution in [0.4, 0.5) is 0 Å². The number of nitrogens with two attached hydrogens (primary N) is 1. The maximum Gasteiger partial charge on any atom is 0.247 e. The largest absolute Gasteiger partial charge is 0.504 e. The summed E-state index contributed by atoms with van der Waals surface area (Å²) in [5.41, 5.74) is 6.67. The molecule has 0 saturated heterocycles. The summed E-state index contributed by atoms with van der Waals surface area (Å²) in [6, 6.07) is 12.4. The molecule has 0 heterocycles. The number of nitrogens with zero attached hydrogens (tertiary/aromatic N) is 1. The second kappa shape index (κ2) is 8.56. The van der Waals surface area contributed by atoms with E-state index in [-0.39, 0.29) is 24.1 Å². The van der Waals surface area contributed by atoms with Crippen LogP contribution < -0.4 is 10.5 Å². The zero-order valence-electron chi connectivity index (χ0n) is 14.3. The lowest BCUT2D eigenvalue weighted by Crippen LogP contribution is -2.49. The van der Waals surface area contributed by atoms with Gasteiger partial charge in [0.05, 0.1) is 7.11 Å². The average Bonchev–Trinajstić information content (AvgIpc) is 2.54. The number of likely N-dealkylation sites (N-methyl/N-ethyl adjacent to an activating group) is 1. The predicted octanol–water partition coefficient (Wildman–Crippen LogP) is 3.42. The normalized spacial score (nSPS) is 12.7. The van der Waals surface area contributed by atoms with Crippen molar-refractivity contribution in [2.75, 3.05) is 14.2 Å². The van der Waals surface area contributed by atoms with Crippen LogP contribution in [0, 0.1) is 0 Å². The molecule has 0 aliphatic heterocycles. The highest BCUT2D eigenvalue weighted by molar-refractivity contribution is 9.10. The third-order valence-electron chi connectivity index (χ3n) is 3.90. The van der Waals surface area contributed by atoms with Crippen LogP contribution in [0.1, 0.15) is 18.1 Å². The van der Waals surface area contributed by atoms with Crippen LogP contribution >= 0.6 is 28.3 Å². The number of hydrogen-bond donors (Lipinski definition) is 2. The summed E-state index contributed by atoms with van der Waals surface area (Å²) in [7, 11) is 3.18. The Bertz CT molecular complexity index is 736. The number of amides is 1. The molecule has 136 valence electrons. The van der Waals surface area contributed by atoms with Gasteiger partial charge in [-0.05, 0) is 42.3 Å². The molecular formula is C18H22BrClN2O3. The molecule has 1 amide bonds. The standard InChI is InChI=1S/C18H21BrN2O3.ClH/c1-18(20,13-5-7-14(19)8-6-13)17(23)21(2)11-12-4-9-16(24-3)15(22)10-12;/h4-10,22H,11,20H2,1-3H3;1H. The molecule has 1 unspecified atom stereocenters. The number of carbonyl (C=O) groups is 1. The summed E-state index contributed by atoms with van der Waals surface area (Å²) in [5.74, 6) is 0.227. The molecule has 5 nitrogen and oxygen atoms in total. The van der Waals surface area contributed by atoms with Crippen LogP contribution in [-0.2, 0) is 16.9 Å². The molecule has 0 aliphatic carbocycles. The predicted molar refractivity (Wildman–Crippen MR) is 104 cm³/mol. The second-order valence-electron chi connectivity index (χ2n) is 5.88. The Morgan fingerprint density at radius 3 is 2.40 bits per heavy atom. The number of ether oxygens (including phenoxy) is 1. The maximum absolute atomic E-state index is 12.8. The minimum absolute atomic E-state index is 0. The number of carbonyl (C=O) groups excluding carboxylic acids is 1. The van der Waals surface area contributed by atoms with E-state index < -0.39 is 5.54 Å². The first-order chi connectivity index (χ1) is 11.3. The molecule has 0 aliphatic rings. The molecule has 0 spiro atoms. The van der Waals surface area contributed by atoms with Gasteiger partial charge in [0.15, 0.2) is 11.5 Å². The SMILES string of the molecule is COc1ccc(CN(C)C(=O)C(C)(N)c2ccc(Br)cc2)cc1O.Cl. The Morgan fingerprint density at radius 1 is 1.28 bits per heavy atom. The van der Waals surface area contributed by atoms with Crippen molar-refractivity contribution < 1.29 is 14.6 Å². The highest BCUT2D eigenvalue weighted by Gasteiger charge is 2.33. The zero-order valence-corrected chi connectivity index (χ0v) is 16.7. The number of aromatic hydroxyl groups is 1. The summed E-state index contributed by atoms with van der Waals surface area (Å²) >= 11 is 3.37. The van der Waals surface area contributed by atoms with Gasteiger partial charge in [0.25, 0.3) is 0 Å². The van der Waals surface area contributed by atoms with Gasteiger partial charge in [0.1, 0.15) is 5.54 Å². The molecule has 0 radical (unpaired) electrons. The minimum atomic E-state index is -1.13. The quantitative estimate of drug-likeness (QED) is 0.763. The van der Waals surface area contributed by atoms with Crippen molar-refractivity contribution in [3.63, 3.8) is 0 Å². The van der Waals surface area contributed by atoms with E-state index in [0.29, 0.717) is 12.3 Å². The van der Waals surface area contributed by atoms with Crippen molar-refractivity contribution in [1.29, 1.82) is 0 Å². The smallest absolute Gasteiger partial charge is 0.247 e. The summed E-state index contributed by atoms with van der Waals surface area (Å²) < 4.78 is 5.95. The number of benzene rings is 2. The Hall–Kier alpha value is -1.76. The molecule has 0 saturated carbocycles. The van der Waals surface area contributed by atoms with Gasteiger partial charge in [0, 0.05) is 18.1 Å². The van der Waals surface area contributed by atoms with Crippen molar-refractivity contribution in [3.8, 4) is 11.5 Å². The van der Waals surface area contributed by atoms with Crippen LogP contribution in [0.15, 0.2) is 46.9 Å². The third kappa shape index (κ3) is 4.87. The molecule has 2 aromatic carbocycles. The highest BCUT2D eigenvalue weighted by atomic mass is 79.9. The Labute approximate surface area is 162 Å². The second-order valence-corrected chi connectivity index (χ2v) is 6.79. The number of methoxy groups -OCH3 is 1. The number of phenols is 1. The van der Waals surface area contributed by atoms with Gasteiger partial charge < -0.3 is 20.5 Å². The van der Waals surface area contributed by atoms with Gasteiger partial charge in [-0.1, -0.05) is 34.1 Å². The lowest BCUT2D eigenvalue weighted by Gasteiger charge is -2.30. The van der Waals surface area contributed by atoms with E-state index in [9.17, 15) is 9.90 Å². The van der Waals surface area contributed by atoms with E-state index in [0.717, 1.165) is 15.6 Å². The molecule has 7 heteroatoms. The Morgan fingerprint density at radius 2 is 1.88 bits per heavy atom. The molecule has 0 fully saturated rings. The van der Waals surface area contributed by atoms with Gasteiger partial charge in [-0.3, -0.25) is 4.79 Å². The lowest BCUT2D eigenvalue weighted by atomic mass is 9.91. The molecule has 25 heavy (non-hydrogen) atoms. The van der Waals surface area contributed by atoms with E-state index >= 15 is 0 Å². The van der Waals surface area contributed by atoms with Crippen LogP contribution in [-0.4, -0.2) is 30.1 Å². The van der Waals surface area contributed by atoms with Gasteiger partial charge in [-0.15, -0.1) is 12.4 Å². The van der Waals surface area contributed by atoms with Gasteiger partial charge in [-0.25, -0.2) is 0 Å². The zero-order chi connectivity index (χ0) is 17.9. The average molecular weight is 430 g/mol. The van der Waals surface area contributed by atoms with Crippen molar-refractivity contribution in [3.05, 3.63) is 58.1 Å². The molecule has 0 bridgehead atoms. The molecule has 3 N–H and O–H groups in total. The Kier molecular flexibility index (Phi) is 7.29. The summed E-state index contributed by atoms with van der Waals surface area (Å²) in [4.78, 5) is 14.3. The molecule has 0 aromatic heterocycles. The first-order valence-electron chi connectivity index (χ1n) is 7.42. The van der Waals surface area contributed by atoms with Crippen molar-refractivity contribution in [1.82, 2.24) is 4.90 Å². The fourth-order valence-electron chi connectivity index (χ4n) is 2.50. The van der Waals surface area contributed by atoms with E-state index in [1.165, 1.54) is 7.11 Å². The lowest BCUT2D eigenvalue weighted by molar-refractivity contribution is -0.136. The molecule has 2 rings (SSSR count). The minimum Gasteiger partial charge on any atom is -0.504 e. The van der Waals surface area contributed by atoms with E-state index in [4.69, 9.17) is 10.5 Å². The van der Waals surface area contributed by atoms with Crippen molar-refractivity contribution in [2.24, 2.45) is 5.73 Å². The van der Waals surface area contributed by atoms with Crippen LogP contribution in [0.5, 0.6) is 11.5 Å². The van der Waals surface area contributed by atoms with E-state index in [1.807, 2.05) is 24.3 Å². The van der Waals surface area contributed by atoms with E-state index in [1.54, 1.807) is 37.1 Å². The highest BCUT2D eigenvalue weighted by Crippen LogP contribution is 2.27. The third-order valence-corrected chi connectivity index (χ3v) is 4.43. The molecular weight excluding hydrogens is 408 g/mol. The molecule has 1 atom stereocenters. The summed E-state index contributed by atoms with van der Waals surface area (Å²) in [6.07, 6.45) is 0. The van der Waals surface area contributed by atoms with E-state index in [2.05, 4.69) is 15.9 Å². The van der Waals surface area contributed by atoms with Gasteiger partial charge >= 0.3 is 0 Å². The first-order valence-corrected chi connectivity index (χ1v) is 8.21. The first kappa shape index (κ1) is 21.3. The van der Waals surface area contributed by atoms with Crippen molar-refractivity contribution >= 4 is 34.2 Å². The number of phenolic OH excluding ortho intramolecular Hbond substituents is 1. The van der Waals surface area contributed by atoms with Gasteiger partial charge in [-0.2, -0.15) is 0 Å². The molecule has 2 aromatic rings. The number of hydrogen-bond acceptors (Lipinski definition) is 4. The number of halogens is 2. The summed E-state index contributed by atoms with van der Waals surface area (Å²) in [6.45, 7) is 2.03. The fourth-order valence-corrected chi connectivity index (χ4v) is 2.76. The van der Waals surface area contributed by atoms with Crippen LogP contribution in [0.25, 0.3) is 0 Å². The maximum atomic E-state index is 12.8. The monoisotopic (exact) mass is 428 g/mol. The summed E-state index contributed by atoms with van der Waals surface area (Å²) in [5, 5.41) is 9.85. The van der Waals surface area contributed by atoms with Gasteiger partial charge in [0.2, 0.25) is 5.91 Å². The van der Waals surface area contributed by atoms with Crippen LogP contribution in [0.3, 0.4) is 0 Å².